The average molecular weight is 210 g/mol. The van der Waals surface area contributed by atoms with Crippen molar-refractivity contribution in [1.29, 1.82) is 0 Å². The van der Waals surface area contributed by atoms with E-state index in [1.54, 1.807) is 24.5 Å². The normalized spacial score (nSPS) is 10.4. The van der Waals surface area contributed by atoms with Crippen LogP contribution in [0, 0.1) is 0 Å². The predicted octanol–water partition coefficient (Wildman–Crippen LogP) is 1.62. The minimum Gasteiger partial charge on any atom is -0.390 e. The van der Waals surface area contributed by atoms with Gasteiger partial charge in [-0.05, 0) is 12.1 Å². The molecule has 0 aliphatic rings. The van der Waals surface area contributed by atoms with Crippen LogP contribution in [-0.2, 0) is 6.61 Å². The largest absolute Gasteiger partial charge is 0.390 e. The molecule has 4 nitrogen and oxygen atoms in total. The summed E-state index contributed by atoms with van der Waals surface area (Å²) in [4.78, 5) is 11.1. The summed E-state index contributed by atoms with van der Waals surface area (Å²) in [7, 11) is 0. The van der Waals surface area contributed by atoms with E-state index in [-0.39, 0.29) is 6.61 Å². The first-order valence-corrected chi connectivity index (χ1v) is 4.44. The van der Waals surface area contributed by atoms with Crippen molar-refractivity contribution in [3.8, 4) is 11.5 Å². The van der Waals surface area contributed by atoms with E-state index in [0.717, 1.165) is 0 Å². The summed E-state index contributed by atoms with van der Waals surface area (Å²) in [5, 5.41) is 9.38. The summed E-state index contributed by atoms with van der Waals surface area (Å²) in [6, 6.07) is 3.49. The Morgan fingerprint density at radius 1 is 1.43 bits per heavy atom. The van der Waals surface area contributed by atoms with Crippen molar-refractivity contribution in [2.24, 2.45) is 0 Å². The van der Waals surface area contributed by atoms with Crippen LogP contribution < -0.4 is 0 Å². The number of halogens is 1. The summed E-state index contributed by atoms with van der Waals surface area (Å²) in [5.74, 6) is 0.569. The summed E-state index contributed by atoms with van der Waals surface area (Å²) in [6.45, 7) is -0.0720. The van der Waals surface area contributed by atoms with Crippen LogP contribution in [0.2, 0.25) is 5.02 Å². The van der Waals surface area contributed by atoms with E-state index in [2.05, 4.69) is 15.0 Å². The van der Waals surface area contributed by atoms with Crippen molar-refractivity contribution in [1.82, 2.24) is 15.0 Å². The number of aromatic nitrogens is 3. The molecule has 5 heteroatoms. The number of H-pyrrole nitrogens is 1. The van der Waals surface area contributed by atoms with Crippen LogP contribution in [0.5, 0.6) is 0 Å². The van der Waals surface area contributed by atoms with Gasteiger partial charge in [-0.2, -0.15) is 0 Å². The number of nitrogens with one attached hydrogen (secondary N) is 1. The third-order valence-electron chi connectivity index (χ3n) is 1.78. The molecule has 2 aromatic rings. The molecule has 2 heterocycles. The van der Waals surface area contributed by atoms with E-state index in [1.807, 2.05) is 0 Å². The molecule has 14 heavy (non-hydrogen) atoms. The zero-order chi connectivity index (χ0) is 9.97. The highest BCUT2D eigenvalue weighted by molar-refractivity contribution is 6.32. The molecule has 0 aromatic carbocycles. The van der Waals surface area contributed by atoms with Gasteiger partial charge >= 0.3 is 0 Å². The van der Waals surface area contributed by atoms with Gasteiger partial charge in [-0.3, -0.25) is 4.98 Å². The Bertz CT molecular complexity index is 441. The van der Waals surface area contributed by atoms with E-state index in [9.17, 15) is 0 Å². The number of aromatic amines is 1. The van der Waals surface area contributed by atoms with Crippen LogP contribution in [-0.4, -0.2) is 20.1 Å². The topological polar surface area (TPSA) is 61.8 Å². The van der Waals surface area contributed by atoms with Crippen molar-refractivity contribution < 1.29 is 5.11 Å². The lowest BCUT2D eigenvalue weighted by atomic mass is 10.3. The Labute approximate surface area is 85.6 Å². The minimum absolute atomic E-state index is 0.0720. The number of hydrogen-bond donors (Lipinski definition) is 2. The smallest absolute Gasteiger partial charge is 0.157 e. The number of nitrogens with zero attached hydrogens (tertiary/aromatic N) is 2. The number of aliphatic hydroxyl groups is 1. The first kappa shape index (κ1) is 9.18. The molecule has 0 amide bonds. The molecule has 0 aliphatic carbocycles. The average Bonchev–Trinajstić information content (AvgIpc) is 2.67. The third-order valence-corrected chi connectivity index (χ3v) is 2.09. The van der Waals surface area contributed by atoms with Crippen molar-refractivity contribution in [2.45, 2.75) is 6.61 Å². The summed E-state index contributed by atoms with van der Waals surface area (Å²) in [5.41, 5.74) is 1.23. The summed E-state index contributed by atoms with van der Waals surface area (Å²) >= 11 is 5.93. The van der Waals surface area contributed by atoms with Gasteiger partial charge in [0.15, 0.2) is 5.82 Å². The van der Waals surface area contributed by atoms with Crippen molar-refractivity contribution in [3.63, 3.8) is 0 Å². The third kappa shape index (κ3) is 1.62. The Balaban J connectivity index is 2.44. The maximum absolute atomic E-state index is 8.84. The Kier molecular flexibility index (Phi) is 2.47. The lowest BCUT2D eigenvalue weighted by molar-refractivity contribution is 0.277. The van der Waals surface area contributed by atoms with E-state index >= 15 is 0 Å². The van der Waals surface area contributed by atoms with Gasteiger partial charge in [0, 0.05) is 6.20 Å². The molecule has 2 rings (SSSR count). The Hall–Kier alpha value is -1.39. The monoisotopic (exact) mass is 209 g/mol. The van der Waals surface area contributed by atoms with Gasteiger partial charge in [0.25, 0.3) is 0 Å². The molecule has 0 unspecified atom stereocenters. The van der Waals surface area contributed by atoms with Gasteiger partial charge < -0.3 is 10.1 Å². The molecule has 0 atom stereocenters. The van der Waals surface area contributed by atoms with Crippen LogP contribution in [0.15, 0.2) is 24.5 Å². The fourth-order valence-corrected chi connectivity index (χ4v) is 1.33. The molecular formula is C9H8ClN3O. The Morgan fingerprint density at radius 3 is 2.93 bits per heavy atom. The second kappa shape index (κ2) is 3.77. The zero-order valence-corrected chi connectivity index (χ0v) is 7.99. The molecule has 0 saturated carbocycles. The van der Waals surface area contributed by atoms with Crippen molar-refractivity contribution in [2.75, 3.05) is 0 Å². The maximum atomic E-state index is 8.84. The van der Waals surface area contributed by atoms with Gasteiger partial charge in [0.05, 0.1) is 23.5 Å². The van der Waals surface area contributed by atoms with Gasteiger partial charge in [-0.25, -0.2) is 4.98 Å². The van der Waals surface area contributed by atoms with Crippen molar-refractivity contribution in [3.05, 3.63) is 35.2 Å². The second-order valence-electron chi connectivity index (χ2n) is 2.75. The Morgan fingerprint density at radius 2 is 2.29 bits per heavy atom. The highest BCUT2D eigenvalue weighted by Gasteiger charge is 2.07. The lowest BCUT2D eigenvalue weighted by Crippen LogP contribution is -1.87. The molecule has 72 valence electrons. The highest BCUT2D eigenvalue weighted by atomic mass is 35.5. The molecule has 0 bridgehead atoms. The SMILES string of the molecule is OCc1cnc(-c2ncccc2Cl)[nH]1. The molecule has 2 N–H and O–H groups in total. The molecule has 0 fully saturated rings. The number of aliphatic hydroxyl groups excluding tert-OH is 1. The minimum atomic E-state index is -0.0720. The van der Waals surface area contributed by atoms with Crippen molar-refractivity contribution >= 4 is 11.6 Å². The summed E-state index contributed by atoms with van der Waals surface area (Å²) in [6.07, 6.45) is 3.20. The van der Waals surface area contributed by atoms with Crippen LogP contribution in [0.3, 0.4) is 0 Å². The fourth-order valence-electron chi connectivity index (χ4n) is 1.12. The summed E-state index contributed by atoms with van der Waals surface area (Å²) < 4.78 is 0. The molecular weight excluding hydrogens is 202 g/mol. The highest BCUT2D eigenvalue weighted by Crippen LogP contribution is 2.21. The molecule has 0 radical (unpaired) electrons. The first-order chi connectivity index (χ1) is 6.81. The predicted molar refractivity (Wildman–Crippen MR) is 52.8 cm³/mol. The molecule has 0 spiro atoms. The van der Waals surface area contributed by atoms with Gasteiger partial charge in [0.2, 0.25) is 0 Å². The van der Waals surface area contributed by atoms with E-state index in [0.29, 0.717) is 22.2 Å². The number of hydrogen-bond acceptors (Lipinski definition) is 3. The van der Waals surface area contributed by atoms with Gasteiger partial charge in [-0.1, -0.05) is 11.6 Å². The van der Waals surface area contributed by atoms with E-state index in [4.69, 9.17) is 16.7 Å². The number of imidazole rings is 1. The zero-order valence-electron chi connectivity index (χ0n) is 7.24. The van der Waals surface area contributed by atoms with Crippen LogP contribution in [0.4, 0.5) is 0 Å². The van der Waals surface area contributed by atoms with Gasteiger partial charge in [-0.15, -0.1) is 0 Å². The number of rotatable bonds is 2. The maximum Gasteiger partial charge on any atom is 0.157 e. The van der Waals surface area contributed by atoms with Crippen LogP contribution >= 0.6 is 11.6 Å². The molecule has 2 aromatic heterocycles. The first-order valence-electron chi connectivity index (χ1n) is 4.07. The van der Waals surface area contributed by atoms with Crippen LogP contribution in [0.1, 0.15) is 5.69 Å². The lowest BCUT2D eigenvalue weighted by Gasteiger charge is -1.97. The second-order valence-corrected chi connectivity index (χ2v) is 3.16. The number of pyridine rings is 1. The van der Waals surface area contributed by atoms with Gasteiger partial charge in [0.1, 0.15) is 5.69 Å². The fraction of sp³-hybridized carbons (Fsp3) is 0.111. The van der Waals surface area contributed by atoms with Crippen LogP contribution in [0.25, 0.3) is 11.5 Å². The molecule has 0 aliphatic heterocycles. The van der Waals surface area contributed by atoms with E-state index < -0.39 is 0 Å². The standard InChI is InChI=1S/C9H8ClN3O/c10-7-2-1-3-11-8(7)9-12-4-6(5-14)13-9/h1-4,14H,5H2,(H,12,13). The molecule has 0 saturated heterocycles. The quantitative estimate of drug-likeness (QED) is 0.790. The van der Waals surface area contributed by atoms with E-state index in [1.165, 1.54) is 0 Å².